The number of hydrogen-bond donors (Lipinski definition) is 1. The van der Waals surface area contributed by atoms with E-state index in [1.807, 2.05) is 0 Å². The van der Waals surface area contributed by atoms with Crippen molar-refractivity contribution >= 4 is 11.6 Å². The Morgan fingerprint density at radius 2 is 2.38 bits per heavy atom. The zero-order valence-corrected chi connectivity index (χ0v) is 6.93. The summed E-state index contributed by atoms with van der Waals surface area (Å²) in [7, 11) is 0. The molecule has 0 aliphatic heterocycles. The molecule has 0 bridgehead atoms. The zero-order valence-electron chi connectivity index (χ0n) is 6.93. The number of pyridine rings is 1. The van der Waals surface area contributed by atoms with Gasteiger partial charge < -0.3 is 5.11 Å². The van der Waals surface area contributed by atoms with Gasteiger partial charge in [-0.15, -0.1) is 10.2 Å². The molecule has 13 heavy (non-hydrogen) atoms. The third kappa shape index (κ3) is 1.05. The first-order valence-electron chi connectivity index (χ1n) is 3.72. The molecule has 66 valence electrons. The Hall–Kier alpha value is -1.91. The summed E-state index contributed by atoms with van der Waals surface area (Å²) in [6.07, 6.45) is 3.17. The van der Waals surface area contributed by atoms with Crippen LogP contribution < -0.4 is 0 Å². The average Bonchev–Trinajstić information content (AvgIpc) is 2.52. The second-order valence-electron chi connectivity index (χ2n) is 2.72. The third-order valence-corrected chi connectivity index (χ3v) is 1.94. The maximum absolute atomic E-state index is 10.7. The lowest BCUT2D eigenvalue weighted by Gasteiger charge is -2.00. The number of aromatic nitrogens is 3. The molecule has 0 spiro atoms. The Labute approximate surface area is 73.6 Å². The maximum atomic E-state index is 10.7. The highest BCUT2D eigenvalue weighted by atomic mass is 16.4. The van der Waals surface area contributed by atoms with E-state index in [9.17, 15) is 4.79 Å². The number of aryl methyl sites for hydroxylation is 1. The fourth-order valence-electron chi connectivity index (χ4n) is 1.25. The minimum absolute atomic E-state index is 0.264. The van der Waals surface area contributed by atoms with Crippen molar-refractivity contribution in [3.05, 3.63) is 29.7 Å². The van der Waals surface area contributed by atoms with Gasteiger partial charge in [0.05, 0.1) is 5.56 Å². The predicted molar refractivity (Wildman–Crippen MR) is 44.7 cm³/mol. The molecule has 0 fully saturated rings. The Kier molecular flexibility index (Phi) is 1.51. The van der Waals surface area contributed by atoms with Crippen molar-refractivity contribution in [1.82, 2.24) is 14.6 Å². The first-order chi connectivity index (χ1) is 6.20. The van der Waals surface area contributed by atoms with Gasteiger partial charge in [-0.2, -0.15) is 0 Å². The van der Waals surface area contributed by atoms with Crippen molar-refractivity contribution < 1.29 is 9.90 Å². The maximum Gasteiger partial charge on any atom is 0.336 e. The molecule has 5 heteroatoms. The third-order valence-electron chi connectivity index (χ3n) is 1.94. The smallest absolute Gasteiger partial charge is 0.336 e. The molecule has 2 heterocycles. The number of fused-ring (bicyclic) bond motifs is 1. The minimum atomic E-state index is -0.942. The molecule has 0 saturated heterocycles. The normalized spacial score (nSPS) is 10.5. The van der Waals surface area contributed by atoms with Crippen LogP contribution in [-0.4, -0.2) is 25.7 Å². The van der Waals surface area contributed by atoms with E-state index in [2.05, 4.69) is 10.2 Å². The molecule has 0 aromatic carbocycles. The van der Waals surface area contributed by atoms with E-state index in [0.29, 0.717) is 11.2 Å². The number of hydrogen-bond acceptors (Lipinski definition) is 3. The first kappa shape index (κ1) is 7.72. The molecule has 0 radical (unpaired) electrons. The van der Waals surface area contributed by atoms with Crippen molar-refractivity contribution in [2.75, 3.05) is 0 Å². The number of nitrogens with zero attached hydrogens (tertiary/aromatic N) is 3. The van der Waals surface area contributed by atoms with Crippen molar-refractivity contribution in [1.29, 1.82) is 0 Å². The van der Waals surface area contributed by atoms with Gasteiger partial charge in [0.15, 0.2) is 5.65 Å². The van der Waals surface area contributed by atoms with Crippen molar-refractivity contribution in [2.45, 2.75) is 6.92 Å². The summed E-state index contributed by atoms with van der Waals surface area (Å²) < 4.78 is 1.68. The van der Waals surface area contributed by atoms with Crippen LogP contribution in [-0.2, 0) is 0 Å². The highest BCUT2D eigenvalue weighted by molar-refractivity contribution is 5.90. The SMILES string of the molecule is Cc1c(C(=O)O)ccn2cnnc12. The molecule has 1 N–H and O–H groups in total. The summed E-state index contributed by atoms with van der Waals surface area (Å²) in [5, 5.41) is 16.3. The van der Waals surface area contributed by atoms with Gasteiger partial charge in [-0.1, -0.05) is 0 Å². The van der Waals surface area contributed by atoms with Crippen LogP contribution in [0.2, 0.25) is 0 Å². The summed E-state index contributed by atoms with van der Waals surface area (Å²) in [6.45, 7) is 1.72. The quantitative estimate of drug-likeness (QED) is 0.697. The molecule has 0 amide bonds. The average molecular weight is 177 g/mol. The topological polar surface area (TPSA) is 67.5 Å². The van der Waals surface area contributed by atoms with Crippen LogP contribution in [0.4, 0.5) is 0 Å². The van der Waals surface area contributed by atoms with Crippen LogP contribution >= 0.6 is 0 Å². The van der Waals surface area contributed by atoms with Crippen LogP contribution in [0.1, 0.15) is 15.9 Å². The molecule has 0 aliphatic carbocycles. The lowest BCUT2D eigenvalue weighted by Crippen LogP contribution is -2.01. The zero-order chi connectivity index (χ0) is 9.42. The van der Waals surface area contributed by atoms with Crippen LogP contribution in [0.3, 0.4) is 0 Å². The number of carboxylic acids is 1. The molecule has 0 unspecified atom stereocenters. The number of rotatable bonds is 1. The Balaban J connectivity index is 2.80. The van der Waals surface area contributed by atoms with E-state index >= 15 is 0 Å². The lowest BCUT2D eigenvalue weighted by molar-refractivity contribution is 0.0696. The van der Waals surface area contributed by atoms with E-state index in [1.54, 1.807) is 17.5 Å². The second-order valence-corrected chi connectivity index (χ2v) is 2.72. The van der Waals surface area contributed by atoms with E-state index in [1.165, 1.54) is 12.4 Å². The molecule has 0 aliphatic rings. The van der Waals surface area contributed by atoms with Gasteiger partial charge in [0.2, 0.25) is 0 Å². The molecule has 5 nitrogen and oxygen atoms in total. The van der Waals surface area contributed by atoms with Crippen LogP contribution in [0, 0.1) is 6.92 Å². The highest BCUT2D eigenvalue weighted by Gasteiger charge is 2.10. The van der Waals surface area contributed by atoms with E-state index in [0.717, 1.165) is 0 Å². The van der Waals surface area contributed by atoms with Crippen molar-refractivity contribution in [3.8, 4) is 0 Å². The molecule has 2 aromatic heterocycles. The van der Waals surface area contributed by atoms with Crippen molar-refractivity contribution in [3.63, 3.8) is 0 Å². The number of carboxylic acid groups (broad SMARTS) is 1. The summed E-state index contributed by atoms with van der Waals surface area (Å²) in [5.41, 5.74) is 1.48. The largest absolute Gasteiger partial charge is 0.478 e. The van der Waals surface area contributed by atoms with Gasteiger partial charge in [0.1, 0.15) is 6.33 Å². The van der Waals surface area contributed by atoms with E-state index in [4.69, 9.17) is 5.11 Å². The van der Waals surface area contributed by atoms with E-state index in [-0.39, 0.29) is 5.56 Å². The van der Waals surface area contributed by atoms with Crippen LogP contribution in [0.15, 0.2) is 18.6 Å². The van der Waals surface area contributed by atoms with Gasteiger partial charge >= 0.3 is 5.97 Å². The summed E-state index contributed by atoms with van der Waals surface area (Å²) in [5.74, 6) is -0.942. The number of aromatic carboxylic acids is 1. The van der Waals surface area contributed by atoms with Gasteiger partial charge in [0.25, 0.3) is 0 Å². The summed E-state index contributed by atoms with van der Waals surface area (Å²) in [4.78, 5) is 10.7. The molecule has 0 atom stereocenters. The Morgan fingerprint density at radius 3 is 3.08 bits per heavy atom. The molecular weight excluding hydrogens is 170 g/mol. The van der Waals surface area contributed by atoms with Gasteiger partial charge in [-0.25, -0.2) is 4.79 Å². The van der Waals surface area contributed by atoms with Crippen LogP contribution in [0.25, 0.3) is 5.65 Å². The van der Waals surface area contributed by atoms with Gasteiger partial charge in [-0.05, 0) is 13.0 Å². The molecule has 0 saturated carbocycles. The fourth-order valence-corrected chi connectivity index (χ4v) is 1.25. The van der Waals surface area contributed by atoms with Gasteiger partial charge in [-0.3, -0.25) is 4.40 Å². The van der Waals surface area contributed by atoms with Crippen LogP contribution in [0.5, 0.6) is 0 Å². The fraction of sp³-hybridized carbons (Fsp3) is 0.125. The van der Waals surface area contributed by atoms with E-state index < -0.39 is 5.97 Å². The number of carbonyl (C=O) groups is 1. The van der Waals surface area contributed by atoms with Gasteiger partial charge in [0, 0.05) is 11.8 Å². The highest BCUT2D eigenvalue weighted by Crippen LogP contribution is 2.12. The Morgan fingerprint density at radius 1 is 1.62 bits per heavy atom. The second kappa shape index (κ2) is 2.55. The molecule has 2 aromatic rings. The summed E-state index contributed by atoms with van der Waals surface area (Å²) in [6, 6.07) is 1.54. The predicted octanol–water partition coefficient (Wildman–Crippen LogP) is 0.736. The van der Waals surface area contributed by atoms with Crippen molar-refractivity contribution in [2.24, 2.45) is 0 Å². The minimum Gasteiger partial charge on any atom is -0.478 e. The monoisotopic (exact) mass is 177 g/mol. The molecular formula is C8H7N3O2. The Bertz CT molecular complexity index is 475. The summed E-state index contributed by atoms with van der Waals surface area (Å²) >= 11 is 0. The first-order valence-corrected chi connectivity index (χ1v) is 3.72. The molecule has 2 rings (SSSR count). The lowest BCUT2D eigenvalue weighted by atomic mass is 10.1. The standard InChI is InChI=1S/C8H7N3O2/c1-5-6(8(12)13)2-3-11-4-9-10-7(5)11/h2-4H,1H3,(H,12,13).